The molecule has 2 aliphatic heterocycles. The summed E-state index contributed by atoms with van der Waals surface area (Å²) in [6, 6.07) is 7.97. The van der Waals surface area contributed by atoms with E-state index in [1.54, 1.807) is 0 Å². The number of piperidine rings is 1. The van der Waals surface area contributed by atoms with Crippen molar-refractivity contribution >= 4 is 12.6 Å². The van der Waals surface area contributed by atoms with Gasteiger partial charge in [0.05, 0.1) is 16.8 Å². The molecule has 2 heterocycles. The summed E-state index contributed by atoms with van der Waals surface area (Å²) in [5, 5.41) is 10.00. The number of ether oxygens (including phenoxy) is 1. The smallest absolute Gasteiger partial charge is 0.492 e. The Hall–Kier alpha value is -1.08. The Labute approximate surface area is 157 Å². The summed E-state index contributed by atoms with van der Waals surface area (Å²) in [5.41, 5.74) is -0.146. The lowest BCUT2D eigenvalue weighted by atomic mass is 9.79. The van der Waals surface area contributed by atoms with Crippen LogP contribution in [0.5, 0.6) is 5.75 Å². The third kappa shape index (κ3) is 4.42. The largest absolute Gasteiger partial charge is 0.494 e. The minimum absolute atomic E-state index is 0.327. The molecule has 1 aromatic carbocycles. The molecule has 0 bridgehead atoms. The van der Waals surface area contributed by atoms with E-state index >= 15 is 0 Å². The molecule has 0 aromatic heterocycles. The van der Waals surface area contributed by atoms with Crippen LogP contribution >= 0.6 is 0 Å². The van der Waals surface area contributed by atoms with Crippen molar-refractivity contribution < 1.29 is 19.2 Å². The second kappa shape index (κ2) is 7.15. The molecule has 0 unspecified atom stereocenters. The van der Waals surface area contributed by atoms with Gasteiger partial charge in [-0.15, -0.1) is 0 Å². The van der Waals surface area contributed by atoms with Gasteiger partial charge in [0.2, 0.25) is 0 Å². The topological polar surface area (TPSA) is 51.2 Å². The van der Waals surface area contributed by atoms with Gasteiger partial charge < -0.3 is 19.2 Å². The van der Waals surface area contributed by atoms with Crippen molar-refractivity contribution in [3.05, 3.63) is 24.3 Å². The van der Waals surface area contributed by atoms with E-state index in [0.717, 1.165) is 43.7 Å². The zero-order valence-electron chi connectivity index (χ0n) is 16.7. The average Bonchev–Trinajstić information content (AvgIpc) is 2.78. The van der Waals surface area contributed by atoms with Crippen molar-refractivity contribution in [3.63, 3.8) is 0 Å². The van der Waals surface area contributed by atoms with Crippen LogP contribution in [0.1, 0.15) is 47.5 Å². The molecule has 0 saturated carbocycles. The highest BCUT2D eigenvalue weighted by atomic mass is 16.7. The van der Waals surface area contributed by atoms with Crippen LogP contribution in [-0.4, -0.2) is 60.2 Å². The molecule has 2 fully saturated rings. The number of rotatable bonds is 5. The second-order valence-corrected chi connectivity index (χ2v) is 8.84. The molecule has 0 radical (unpaired) electrons. The van der Waals surface area contributed by atoms with E-state index in [-0.39, 0.29) is 18.3 Å². The summed E-state index contributed by atoms with van der Waals surface area (Å²) in [7, 11) is -0.338. The second-order valence-electron chi connectivity index (χ2n) is 8.84. The first-order valence-electron chi connectivity index (χ1n) is 9.61. The monoisotopic (exact) mass is 361 g/mol. The molecule has 26 heavy (non-hydrogen) atoms. The van der Waals surface area contributed by atoms with Crippen LogP contribution in [0.4, 0.5) is 0 Å². The molecular weight excluding hydrogens is 329 g/mol. The van der Waals surface area contributed by atoms with Gasteiger partial charge in [-0.05, 0) is 65.1 Å². The molecule has 2 aliphatic rings. The number of hydrogen-bond acceptors (Lipinski definition) is 5. The molecule has 0 spiro atoms. The first kappa shape index (κ1) is 19.7. The summed E-state index contributed by atoms with van der Waals surface area (Å²) in [4.78, 5) is 2.34. The molecule has 0 atom stereocenters. The number of aliphatic hydroxyl groups is 1. The lowest BCUT2D eigenvalue weighted by molar-refractivity contribution is -0.00768. The molecule has 1 aromatic rings. The molecule has 3 rings (SSSR count). The zero-order valence-corrected chi connectivity index (χ0v) is 16.7. The highest BCUT2D eigenvalue weighted by Crippen LogP contribution is 2.36. The van der Waals surface area contributed by atoms with Gasteiger partial charge in [-0.3, -0.25) is 4.90 Å². The van der Waals surface area contributed by atoms with E-state index in [1.807, 2.05) is 31.2 Å². The van der Waals surface area contributed by atoms with E-state index in [9.17, 15) is 5.11 Å². The van der Waals surface area contributed by atoms with Gasteiger partial charge in [0.25, 0.3) is 0 Å². The van der Waals surface area contributed by atoms with Crippen molar-refractivity contribution in [1.29, 1.82) is 0 Å². The van der Waals surface area contributed by atoms with Crippen molar-refractivity contribution in [1.82, 2.24) is 4.90 Å². The van der Waals surface area contributed by atoms with E-state index in [2.05, 4.69) is 32.6 Å². The molecule has 1 N–H and O–H groups in total. The predicted octanol–water partition coefficient (Wildman–Crippen LogP) is 2.21. The Morgan fingerprint density at radius 3 is 2.08 bits per heavy atom. The quantitative estimate of drug-likeness (QED) is 0.815. The van der Waals surface area contributed by atoms with Gasteiger partial charge in [0.1, 0.15) is 12.4 Å². The Balaban J connectivity index is 1.47. The third-order valence-corrected chi connectivity index (χ3v) is 6.01. The van der Waals surface area contributed by atoms with Gasteiger partial charge in [0.15, 0.2) is 0 Å². The Bertz CT molecular complexity index is 589. The first-order chi connectivity index (χ1) is 12.1. The minimum Gasteiger partial charge on any atom is -0.492 e. The third-order valence-electron chi connectivity index (χ3n) is 6.01. The van der Waals surface area contributed by atoms with Crippen molar-refractivity contribution in [2.45, 2.75) is 64.3 Å². The fourth-order valence-electron chi connectivity index (χ4n) is 3.25. The van der Waals surface area contributed by atoms with Gasteiger partial charge in [-0.2, -0.15) is 0 Å². The Kier molecular flexibility index (Phi) is 5.41. The molecule has 2 saturated heterocycles. The number of hydrogen-bond donors (Lipinski definition) is 1. The Morgan fingerprint density at radius 1 is 1.00 bits per heavy atom. The zero-order chi connectivity index (χ0) is 19.0. The summed E-state index contributed by atoms with van der Waals surface area (Å²) < 4.78 is 18.0. The standard InChI is InChI=1S/C20H32BNO4/c1-18(2)19(3,4)26-21(25-18)16-6-8-17(9-7-16)24-15-14-22-12-10-20(5,23)11-13-22/h6-9,23H,10-15H2,1-5H3. The maximum atomic E-state index is 10.00. The lowest BCUT2D eigenvalue weighted by Gasteiger charge is -2.35. The van der Waals surface area contributed by atoms with Crippen LogP contribution in [0.3, 0.4) is 0 Å². The van der Waals surface area contributed by atoms with Crippen LogP contribution in [-0.2, 0) is 9.31 Å². The van der Waals surface area contributed by atoms with Crippen molar-refractivity contribution in [2.75, 3.05) is 26.2 Å². The van der Waals surface area contributed by atoms with Crippen molar-refractivity contribution in [3.8, 4) is 5.75 Å². The summed E-state index contributed by atoms with van der Waals surface area (Å²) >= 11 is 0. The number of benzene rings is 1. The van der Waals surface area contributed by atoms with Gasteiger partial charge in [-0.1, -0.05) is 12.1 Å². The van der Waals surface area contributed by atoms with E-state index in [1.165, 1.54) is 0 Å². The molecule has 0 aliphatic carbocycles. The maximum Gasteiger partial charge on any atom is 0.494 e. The maximum absolute atomic E-state index is 10.00. The molecular formula is C20H32BNO4. The van der Waals surface area contributed by atoms with E-state index in [4.69, 9.17) is 14.0 Å². The van der Waals surface area contributed by atoms with Crippen LogP contribution < -0.4 is 10.2 Å². The van der Waals surface area contributed by atoms with E-state index in [0.29, 0.717) is 6.61 Å². The van der Waals surface area contributed by atoms with Crippen LogP contribution in [0.25, 0.3) is 0 Å². The van der Waals surface area contributed by atoms with Crippen LogP contribution in [0.15, 0.2) is 24.3 Å². The normalized spacial score (nSPS) is 24.6. The Morgan fingerprint density at radius 2 is 1.54 bits per heavy atom. The fraction of sp³-hybridized carbons (Fsp3) is 0.700. The summed E-state index contributed by atoms with van der Waals surface area (Å²) in [6.07, 6.45) is 1.66. The van der Waals surface area contributed by atoms with Gasteiger partial charge in [0, 0.05) is 19.6 Å². The first-order valence-corrected chi connectivity index (χ1v) is 9.61. The highest BCUT2D eigenvalue weighted by molar-refractivity contribution is 6.62. The fourth-order valence-corrected chi connectivity index (χ4v) is 3.25. The molecule has 0 amide bonds. The molecule has 144 valence electrons. The highest BCUT2D eigenvalue weighted by Gasteiger charge is 2.51. The minimum atomic E-state index is -0.499. The summed E-state index contributed by atoms with van der Waals surface area (Å²) in [5.74, 6) is 0.856. The summed E-state index contributed by atoms with van der Waals surface area (Å²) in [6.45, 7) is 13.5. The number of likely N-dealkylation sites (tertiary alicyclic amines) is 1. The predicted molar refractivity (Wildman–Crippen MR) is 104 cm³/mol. The van der Waals surface area contributed by atoms with Gasteiger partial charge in [-0.25, -0.2) is 0 Å². The van der Waals surface area contributed by atoms with Gasteiger partial charge >= 0.3 is 7.12 Å². The van der Waals surface area contributed by atoms with Crippen LogP contribution in [0, 0.1) is 0 Å². The van der Waals surface area contributed by atoms with Crippen LogP contribution in [0.2, 0.25) is 0 Å². The lowest BCUT2D eigenvalue weighted by Crippen LogP contribution is -2.43. The molecule has 5 nitrogen and oxygen atoms in total. The molecule has 6 heteroatoms. The van der Waals surface area contributed by atoms with E-state index < -0.39 is 5.60 Å². The van der Waals surface area contributed by atoms with Crippen molar-refractivity contribution in [2.24, 2.45) is 0 Å². The SMILES string of the molecule is CC1(O)CCN(CCOc2ccc(B3OC(C)(C)C(C)(C)O3)cc2)CC1. The number of nitrogens with zero attached hydrogens (tertiary/aromatic N) is 1. The average molecular weight is 361 g/mol.